The molecule has 0 aromatic heterocycles. The molecule has 0 spiro atoms. The van der Waals surface area contributed by atoms with Gasteiger partial charge in [-0.2, -0.15) is 0 Å². The van der Waals surface area contributed by atoms with Gasteiger partial charge >= 0.3 is 12.1 Å². The van der Waals surface area contributed by atoms with Crippen LogP contribution in [0.15, 0.2) is 0 Å². The lowest BCUT2D eigenvalue weighted by atomic mass is 9.90. The molecule has 2 atom stereocenters. The SMILES string of the molecule is CCCC1CC(NC(=O)OCC)CN(CC(=O)OC)C1. The minimum Gasteiger partial charge on any atom is -0.468 e. The summed E-state index contributed by atoms with van der Waals surface area (Å²) in [6.07, 6.45) is 2.75. The number of amides is 1. The molecule has 6 nitrogen and oxygen atoms in total. The summed E-state index contributed by atoms with van der Waals surface area (Å²) < 4.78 is 9.63. The van der Waals surface area contributed by atoms with E-state index < -0.39 is 0 Å². The van der Waals surface area contributed by atoms with Crippen molar-refractivity contribution in [2.75, 3.05) is 33.4 Å². The molecule has 1 amide bonds. The van der Waals surface area contributed by atoms with Crippen molar-refractivity contribution in [1.29, 1.82) is 0 Å². The molecule has 20 heavy (non-hydrogen) atoms. The molecule has 0 saturated carbocycles. The molecule has 1 rings (SSSR count). The van der Waals surface area contributed by atoms with Gasteiger partial charge < -0.3 is 14.8 Å². The van der Waals surface area contributed by atoms with Gasteiger partial charge in [0, 0.05) is 19.1 Å². The van der Waals surface area contributed by atoms with E-state index in [1.165, 1.54) is 7.11 Å². The number of nitrogens with zero attached hydrogens (tertiary/aromatic N) is 1. The number of likely N-dealkylation sites (tertiary alicyclic amines) is 1. The number of methoxy groups -OCH3 is 1. The molecule has 1 fully saturated rings. The van der Waals surface area contributed by atoms with Crippen molar-refractivity contribution >= 4 is 12.1 Å². The van der Waals surface area contributed by atoms with Crippen molar-refractivity contribution in [2.24, 2.45) is 5.92 Å². The number of hydrogen-bond acceptors (Lipinski definition) is 5. The summed E-state index contributed by atoms with van der Waals surface area (Å²) in [7, 11) is 1.39. The van der Waals surface area contributed by atoms with Crippen molar-refractivity contribution in [3.8, 4) is 0 Å². The summed E-state index contributed by atoms with van der Waals surface area (Å²) in [5.41, 5.74) is 0. The smallest absolute Gasteiger partial charge is 0.407 e. The van der Waals surface area contributed by atoms with Gasteiger partial charge in [-0.1, -0.05) is 13.3 Å². The lowest BCUT2D eigenvalue weighted by Crippen LogP contribution is -2.52. The Morgan fingerprint density at radius 2 is 2.05 bits per heavy atom. The number of alkyl carbamates (subject to hydrolysis) is 1. The molecule has 1 aliphatic rings. The van der Waals surface area contributed by atoms with Crippen molar-refractivity contribution in [2.45, 2.75) is 39.2 Å². The number of rotatable bonds is 6. The number of nitrogens with one attached hydrogen (secondary N) is 1. The normalized spacial score (nSPS) is 23.1. The Hall–Kier alpha value is -1.30. The maximum absolute atomic E-state index is 11.5. The molecule has 1 aliphatic heterocycles. The maximum atomic E-state index is 11.5. The zero-order valence-corrected chi connectivity index (χ0v) is 12.7. The van der Waals surface area contributed by atoms with Crippen LogP contribution < -0.4 is 5.32 Å². The number of carbonyl (C=O) groups excluding carboxylic acids is 2. The molecule has 2 unspecified atom stereocenters. The first-order chi connectivity index (χ1) is 9.58. The molecule has 0 radical (unpaired) electrons. The molecular formula is C14H26N2O4. The van der Waals surface area contributed by atoms with Gasteiger partial charge in [-0.3, -0.25) is 9.69 Å². The van der Waals surface area contributed by atoms with Gasteiger partial charge in [-0.05, 0) is 25.7 Å². The minimum atomic E-state index is -0.382. The van der Waals surface area contributed by atoms with Gasteiger partial charge in [0.05, 0.1) is 20.3 Å². The Kier molecular flexibility index (Phi) is 7.36. The van der Waals surface area contributed by atoms with Crippen LogP contribution in [0.4, 0.5) is 4.79 Å². The van der Waals surface area contributed by atoms with E-state index in [9.17, 15) is 9.59 Å². The maximum Gasteiger partial charge on any atom is 0.407 e. The van der Waals surface area contributed by atoms with Gasteiger partial charge in [-0.25, -0.2) is 4.79 Å². The van der Waals surface area contributed by atoms with E-state index in [0.717, 1.165) is 25.8 Å². The van der Waals surface area contributed by atoms with Gasteiger partial charge in [0.25, 0.3) is 0 Å². The third-order valence-electron chi connectivity index (χ3n) is 3.49. The second kappa shape index (κ2) is 8.79. The highest BCUT2D eigenvalue weighted by molar-refractivity contribution is 5.71. The zero-order chi connectivity index (χ0) is 15.0. The monoisotopic (exact) mass is 286 g/mol. The molecule has 0 aliphatic carbocycles. The average Bonchev–Trinajstić information content (AvgIpc) is 2.38. The highest BCUT2D eigenvalue weighted by Crippen LogP contribution is 2.21. The number of ether oxygens (including phenoxy) is 2. The van der Waals surface area contributed by atoms with E-state index in [0.29, 0.717) is 19.1 Å². The van der Waals surface area contributed by atoms with Crippen LogP contribution in [0.25, 0.3) is 0 Å². The molecule has 116 valence electrons. The Bertz CT molecular complexity index is 322. The summed E-state index contributed by atoms with van der Waals surface area (Å²) in [4.78, 5) is 25.0. The zero-order valence-electron chi connectivity index (χ0n) is 12.7. The molecule has 1 heterocycles. The number of piperidine rings is 1. The second-order valence-corrected chi connectivity index (χ2v) is 5.22. The predicted octanol–water partition coefficient (Wildman–Crippen LogP) is 1.40. The minimum absolute atomic E-state index is 0.0315. The summed E-state index contributed by atoms with van der Waals surface area (Å²) >= 11 is 0. The van der Waals surface area contributed by atoms with E-state index in [1.54, 1.807) is 6.92 Å². The topological polar surface area (TPSA) is 67.9 Å². The average molecular weight is 286 g/mol. The van der Waals surface area contributed by atoms with E-state index in [-0.39, 0.29) is 24.6 Å². The number of carbonyl (C=O) groups is 2. The highest BCUT2D eigenvalue weighted by atomic mass is 16.5. The van der Waals surface area contributed by atoms with Crippen LogP contribution in [0.1, 0.15) is 33.1 Å². The highest BCUT2D eigenvalue weighted by Gasteiger charge is 2.29. The summed E-state index contributed by atoms with van der Waals surface area (Å²) in [5.74, 6) is 0.252. The lowest BCUT2D eigenvalue weighted by Gasteiger charge is -2.37. The van der Waals surface area contributed by atoms with Gasteiger partial charge in [0.1, 0.15) is 0 Å². The van der Waals surface area contributed by atoms with Crippen molar-refractivity contribution in [3.05, 3.63) is 0 Å². The molecule has 0 bridgehead atoms. The van der Waals surface area contributed by atoms with E-state index in [4.69, 9.17) is 9.47 Å². The van der Waals surface area contributed by atoms with Crippen LogP contribution in [0.2, 0.25) is 0 Å². The molecule has 1 saturated heterocycles. The van der Waals surface area contributed by atoms with Crippen LogP contribution in [0, 0.1) is 5.92 Å². The standard InChI is InChI=1S/C14H26N2O4/c1-4-6-11-7-12(15-14(18)20-5-2)9-16(8-11)10-13(17)19-3/h11-12H,4-10H2,1-3H3,(H,15,18). The first-order valence-corrected chi connectivity index (χ1v) is 7.31. The quantitative estimate of drug-likeness (QED) is 0.747. The lowest BCUT2D eigenvalue weighted by molar-refractivity contribution is -0.142. The Morgan fingerprint density at radius 1 is 1.30 bits per heavy atom. The van der Waals surface area contributed by atoms with Crippen molar-refractivity contribution in [3.63, 3.8) is 0 Å². The first kappa shape index (κ1) is 16.8. The largest absolute Gasteiger partial charge is 0.468 e. The van der Waals surface area contributed by atoms with E-state index in [2.05, 4.69) is 12.2 Å². The third-order valence-corrected chi connectivity index (χ3v) is 3.49. The Morgan fingerprint density at radius 3 is 2.65 bits per heavy atom. The van der Waals surface area contributed by atoms with Crippen LogP contribution >= 0.6 is 0 Å². The van der Waals surface area contributed by atoms with Crippen LogP contribution in [-0.4, -0.2) is 56.4 Å². The Balaban J connectivity index is 2.55. The molecular weight excluding hydrogens is 260 g/mol. The molecule has 0 aromatic rings. The molecule has 1 N–H and O–H groups in total. The van der Waals surface area contributed by atoms with Gasteiger partial charge in [0.2, 0.25) is 0 Å². The Labute approximate surface area is 120 Å². The van der Waals surface area contributed by atoms with E-state index in [1.807, 2.05) is 4.90 Å². The van der Waals surface area contributed by atoms with Gasteiger partial charge in [-0.15, -0.1) is 0 Å². The number of hydrogen-bond donors (Lipinski definition) is 1. The van der Waals surface area contributed by atoms with Crippen LogP contribution in [0.5, 0.6) is 0 Å². The fourth-order valence-electron chi connectivity index (χ4n) is 2.74. The summed E-state index contributed by atoms with van der Waals surface area (Å²) in [5, 5.41) is 2.87. The van der Waals surface area contributed by atoms with Crippen molar-refractivity contribution < 1.29 is 19.1 Å². The van der Waals surface area contributed by atoms with Gasteiger partial charge in [0.15, 0.2) is 0 Å². The number of esters is 1. The van der Waals surface area contributed by atoms with E-state index >= 15 is 0 Å². The predicted molar refractivity (Wildman–Crippen MR) is 75.4 cm³/mol. The van der Waals surface area contributed by atoms with Crippen LogP contribution in [0.3, 0.4) is 0 Å². The van der Waals surface area contributed by atoms with Crippen LogP contribution in [-0.2, 0) is 14.3 Å². The van der Waals surface area contributed by atoms with Crippen molar-refractivity contribution in [1.82, 2.24) is 10.2 Å². The summed E-state index contributed by atoms with van der Waals surface area (Å²) in [6, 6.07) is 0.0315. The summed E-state index contributed by atoms with van der Waals surface area (Å²) in [6.45, 7) is 6.11. The third kappa shape index (κ3) is 5.77. The molecule has 0 aromatic carbocycles. The first-order valence-electron chi connectivity index (χ1n) is 7.31. The second-order valence-electron chi connectivity index (χ2n) is 5.22. The fourth-order valence-corrected chi connectivity index (χ4v) is 2.74. The molecule has 6 heteroatoms. The fraction of sp³-hybridized carbons (Fsp3) is 0.857.